The van der Waals surface area contributed by atoms with Gasteiger partial charge in [-0.05, 0) is 86.4 Å². The lowest BCUT2D eigenvalue weighted by atomic mass is 9.46. The first-order valence-electron chi connectivity index (χ1n) is 22.8. The Labute approximate surface area is 356 Å². The van der Waals surface area contributed by atoms with Crippen molar-refractivity contribution in [2.45, 2.75) is 189 Å². The molecule has 5 aliphatic carbocycles. The van der Waals surface area contributed by atoms with Crippen molar-refractivity contribution >= 4 is 0 Å². The Morgan fingerprint density at radius 1 is 0.689 bits per heavy atom. The van der Waals surface area contributed by atoms with Gasteiger partial charge in [-0.2, -0.15) is 0 Å². The zero-order chi connectivity index (χ0) is 43.7. The third kappa shape index (κ3) is 7.06. The second-order valence-electron chi connectivity index (χ2n) is 21.0. The molecule has 17 heteroatoms. The molecule has 0 unspecified atom stereocenters. The second-order valence-corrected chi connectivity index (χ2v) is 21.0. The van der Waals surface area contributed by atoms with Crippen molar-refractivity contribution in [3.63, 3.8) is 0 Å². The minimum absolute atomic E-state index is 0.0182. The third-order valence-electron chi connectivity index (χ3n) is 17.9. The minimum Gasteiger partial charge on any atom is -0.393 e. The molecule has 0 amide bonds. The number of allylic oxidation sites excluding steroid dienone is 1. The molecular formula is C44H70O17. The van der Waals surface area contributed by atoms with Crippen LogP contribution in [0.15, 0.2) is 11.6 Å². The van der Waals surface area contributed by atoms with Gasteiger partial charge in [-0.25, -0.2) is 0 Å². The van der Waals surface area contributed by atoms with Crippen LogP contribution < -0.4 is 0 Å². The Bertz CT molecular complexity index is 1620. The Balaban J connectivity index is 0.994. The van der Waals surface area contributed by atoms with Crippen LogP contribution in [-0.2, 0) is 33.2 Å². The first-order chi connectivity index (χ1) is 28.8. The van der Waals surface area contributed by atoms with Gasteiger partial charge in [0, 0.05) is 17.8 Å². The standard InChI is InChI=1S/C44H70O17/c1-17-14-57-44(38(54)30(17)48)13-20-10-25-23-7-6-21-11-22(45)12-28(43(21,5)24(23)8-9-42(25,4)29(20)18(44)2)59-41-37(61-40-35(53)33(51)31(49)19(3)58-40)36(27(47)16-56-41)60-39-34(52)32(50)26(46)15-55-39/h6,17-20,22-41,45-54H,7-16H2,1-5H3/t17-,18+,19-,20-,22+,23+,24-,25+,26-,27-,28-,29+,30+,31-,32+,33+,34-,35-,36+,37-,38-,39+,40+,41+,42+,43-,44+/m0/s1. The van der Waals surface area contributed by atoms with E-state index in [2.05, 4.69) is 26.8 Å². The molecule has 8 fully saturated rings. The number of ether oxygens (including phenoxy) is 7. The molecule has 0 bridgehead atoms. The van der Waals surface area contributed by atoms with E-state index in [1.165, 1.54) is 6.92 Å². The molecule has 0 aromatic heterocycles. The maximum absolute atomic E-state index is 11.5. The zero-order valence-electron chi connectivity index (χ0n) is 35.8. The van der Waals surface area contributed by atoms with Crippen molar-refractivity contribution in [2.24, 2.45) is 52.3 Å². The summed E-state index contributed by atoms with van der Waals surface area (Å²) in [5, 5.41) is 109. The lowest BCUT2D eigenvalue weighted by Crippen LogP contribution is -2.65. The highest BCUT2D eigenvalue weighted by atomic mass is 16.8. The summed E-state index contributed by atoms with van der Waals surface area (Å²) in [5.41, 5.74) is -0.232. The summed E-state index contributed by atoms with van der Waals surface area (Å²) in [5.74, 6) is 1.44. The summed E-state index contributed by atoms with van der Waals surface area (Å²) >= 11 is 0. The van der Waals surface area contributed by atoms with E-state index in [1.54, 1.807) is 0 Å². The van der Waals surface area contributed by atoms with Crippen LogP contribution in [0.25, 0.3) is 0 Å². The molecule has 4 heterocycles. The SMILES string of the molecule is C[C@@H]1O[C@H](O[C@@H]2[C@@H](O[C@H]3C[C@H](O)CC4=CC[C@H]5[C@H]6C[C@H]7C[C@@]8(OC[C@H](C)[C@@H](O)[C@@H]8O)[C@H](C)[C@H]7[C@]6(C)CC[C@@H]5[C@]43C)OC[C@H](O)[C@H]2O[C@H]2OC[C@H](O)[C@@H](O)[C@@H]2O)[C@@H](O)[C@H](O)[C@H]1O. The molecule has 9 aliphatic rings. The molecule has 27 atom stereocenters. The van der Waals surface area contributed by atoms with Gasteiger partial charge in [0.2, 0.25) is 0 Å². The average Bonchev–Trinajstić information content (AvgIpc) is 3.68. The van der Waals surface area contributed by atoms with E-state index in [-0.39, 0.29) is 42.8 Å². The van der Waals surface area contributed by atoms with Crippen LogP contribution in [0.1, 0.15) is 79.6 Å². The van der Waals surface area contributed by atoms with Gasteiger partial charge in [-0.3, -0.25) is 0 Å². The van der Waals surface area contributed by atoms with Crippen LogP contribution in [0.3, 0.4) is 0 Å². The topological polar surface area (TPSA) is 267 Å². The largest absolute Gasteiger partial charge is 0.393 e. The first kappa shape index (κ1) is 45.2. The van der Waals surface area contributed by atoms with Gasteiger partial charge in [-0.15, -0.1) is 0 Å². The summed E-state index contributed by atoms with van der Waals surface area (Å²) in [6, 6.07) is 0. The summed E-state index contributed by atoms with van der Waals surface area (Å²) in [6.07, 6.45) is -14.7. The van der Waals surface area contributed by atoms with Crippen molar-refractivity contribution < 1.29 is 84.2 Å². The molecule has 61 heavy (non-hydrogen) atoms. The molecule has 0 radical (unpaired) electrons. The monoisotopic (exact) mass is 870 g/mol. The molecular weight excluding hydrogens is 800 g/mol. The molecule has 348 valence electrons. The smallest absolute Gasteiger partial charge is 0.187 e. The molecule has 4 saturated heterocycles. The number of fused-ring (bicyclic) bond motifs is 7. The molecule has 9 rings (SSSR count). The predicted molar refractivity (Wildman–Crippen MR) is 210 cm³/mol. The highest BCUT2D eigenvalue weighted by molar-refractivity contribution is 5.29. The number of hydrogen-bond acceptors (Lipinski definition) is 17. The molecule has 17 nitrogen and oxygen atoms in total. The van der Waals surface area contributed by atoms with Gasteiger partial charge in [-0.1, -0.05) is 39.3 Å². The van der Waals surface area contributed by atoms with Crippen LogP contribution in [0.5, 0.6) is 0 Å². The summed E-state index contributed by atoms with van der Waals surface area (Å²) in [4.78, 5) is 0. The van der Waals surface area contributed by atoms with Crippen LogP contribution in [-0.4, -0.2) is 181 Å². The highest BCUT2D eigenvalue weighted by Gasteiger charge is 2.70. The fraction of sp³-hybridized carbons (Fsp3) is 0.955. The fourth-order valence-corrected chi connectivity index (χ4v) is 14.5. The third-order valence-corrected chi connectivity index (χ3v) is 17.9. The number of aliphatic hydroxyl groups is 10. The lowest BCUT2D eigenvalue weighted by Gasteiger charge is -2.61. The zero-order valence-corrected chi connectivity index (χ0v) is 35.8. The molecule has 4 saturated carbocycles. The van der Waals surface area contributed by atoms with Gasteiger partial charge in [0.25, 0.3) is 0 Å². The van der Waals surface area contributed by atoms with Gasteiger partial charge >= 0.3 is 0 Å². The average molecular weight is 871 g/mol. The van der Waals surface area contributed by atoms with E-state index < -0.39 is 115 Å². The molecule has 0 aromatic carbocycles. The predicted octanol–water partition coefficient (Wildman–Crippen LogP) is -0.932. The van der Waals surface area contributed by atoms with Gasteiger partial charge < -0.3 is 84.2 Å². The van der Waals surface area contributed by atoms with Crippen LogP contribution in [0.2, 0.25) is 0 Å². The first-order valence-corrected chi connectivity index (χ1v) is 22.8. The van der Waals surface area contributed by atoms with Crippen molar-refractivity contribution in [1.29, 1.82) is 0 Å². The number of aliphatic hydroxyl groups excluding tert-OH is 10. The molecule has 1 spiro atoms. The van der Waals surface area contributed by atoms with E-state index in [0.717, 1.165) is 37.7 Å². The normalized spacial score (nSPS) is 59.6. The van der Waals surface area contributed by atoms with Crippen molar-refractivity contribution in [1.82, 2.24) is 0 Å². The summed E-state index contributed by atoms with van der Waals surface area (Å²) < 4.78 is 43.6. The fourth-order valence-electron chi connectivity index (χ4n) is 14.5. The van der Waals surface area contributed by atoms with E-state index in [1.807, 2.05) is 6.92 Å². The van der Waals surface area contributed by atoms with Crippen molar-refractivity contribution in [3.05, 3.63) is 11.6 Å². The van der Waals surface area contributed by atoms with E-state index in [0.29, 0.717) is 36.7 Å². The summed E-state index contributed by atoms with van der Waals surface area (Å²) in [6.45, 7) is 10.0. The minimum atomic E-state index is -1.73. The van der Waals surface area contributed by atoms with E-state index in [4.69, 9.17) is 33.2 Å². The quantitative estimate of drug-likeness (QED) is 0.145. The number of hydrogen-bond donors (Lipinski definition) is 10. The van der Waals surface area contributed by atoms with E-state index >= 15 is 0 Å². The Kier molecular flexibility index (Phi) is 12.2. The maximum Gasteiger partial charge on any atom is 0.187 e. The maximum atomic E-state index is 11.5. The highest BCUT2D eigenvalue weighted by Crippen LogP contribution is 2.73. The van der Waals surface area contributed by atoms with Crippen LogP contribution in [0, 0.1) is 52.3 Å². The molecule has 4 aliphatic heterocycles. The van der Waals surface area contributed by atoms with Gasteiger partial charge in [0.05, 0.1) is 49.8 Å². The Morgan fingerprint density at radius 3 is 2.13 bits per heavy atom. The Hall–Kier alpha value is -0.940. The van der Waals surface area contributed by atoms with E-state index in [9.17, 15) is 51.1 Å². The molecule has 0 aromatic rings. The van der Waals surface area contributed by atoms with Crippen LogP contribution >= 0.6 is 0 Å². The van der Waals surface area contributed by atoms with Crippen molar-refractivity contribution in [2.75, 3.05) is 19.8 Å². The van der Waals surface area contributed by atoms with Gasteiger partial charge in [0.15, 0.2) is 18.9 Å². The second kappa shape index (κ2) is 16.4. The Morgan fingerprint density at radius 2 is 1.38 bits per heavy atom. The molecule has 10 N–H and O–H groups in total. The van der Waals surface area contributed by atoms with Gasteiger partial charge in [0.1, 0.15) is 61.0 Å². The van der Waals surface area contributed by atoms with Crippen LogP contribution in [0.4, 0.5) is 0 Å². The van der Waals surface area contributed by atoms with Crippen molar-refractivity contribution in [3.8, 4) is 0 Å². The number of rotatable bonds is 6. The lowest BCUT2D eigenvalue weighted by molar-refractivity contribution is -0.382. The summed E-state index contributed by atoms with van der Waals surface area (Å²) in [7, 11) is 0.